The lowest BCUT2D eigenvalue weighted by atomic mass is 9.98. The molecule has 100 valence electrons. The molecule has 0 spiro atoms. The van der Waals surface area contributed by atoms with Crippen molar-refractivity contribution in [2.24, 2.45) is 5.84 Å². The Morgan fingerprint density at radius 1 is 1.00 bits per heavy atom. The van der Waals surface area contributed by atoms with E-state index in [9.17, 15) is 0 Å². The van der Waals surface area contributed by atoms with Gasteiger partial charge in [0.1, 0.15) is 0 Å². The summed E-state index contributed by atoms with van der Waals surface area (Å²) < 4.78 is 0. The minimum Gasteiger partial charge on any atom is -0.271 e. The van der Waals surface area contributed by atoms with Gasteiger partial charge in [-0.3, -0.25) is 5.84 Å². The van der Waals surface area contributed by atoms with E-state index in [4.69, 9.17) is 40.6 Å². The number of rotatable bonds is 3. The van der Waals surface area contributed by atoms with Crippen LogP contribution < -0.4 is 11.3 Å². The van der Waals surface area contributed by atoms with Crippen LogP contribution in [0.5, 0.6) is 0 Å². The number of benzene rings is 2. The molecule has 0 saturated carbocycles. The summed E-state index contributed by atoms with van der Waals surface area (Å²) in [6, 6.07) is 10.9. The lowest BCUT2D eigenvalue weighted by Gasteiger charge is -2.19. The molecule has 2 aromatic carbocycles. The smallest absolute Gasteiger partial charge is 0.0725 e. The lowest BCUT2D eigenvalue weighted by Crippen LogP contribution is -2.29. The third kappa shape index (κ3) is 3.22. The molecule has 0 radical (unpaired) electrons. The van der Waals surface area contributed by atoms with Crippen molar-refractivity contribution >= 4 is 34.8 Å². The van der Waals surface area contributed by atoms with Gasteiger partial charge in [0.05, 0.1) is 6.04 Å². The van der Waals surface area contributed by atoms with Crippen LogP contribution in [0.1, 0.15) is 22.7 Å². The van der Waals surface area contributed by atoms with Crippen LogP contribution >= 0.6 is 34.8 Å². The predicted octanol–water partition coefficient (Wildman–Crippen LogP) is 4.51. The van der Waals surface area contributed by atoms with E-state index in [1.54, 1.807) is 12.1 Å². The molecule has 1 unspecified atom stereocenters. The molecule has 0 aromatic heterocycles. The fraction of sp³-hybridized carbons (Fsp3) is 0.143. The second-order valence-corrected chi connectivity index (χ2v) is 5.52. The van der Waals surface area contributed by atoms with Gasteiger partial charge in [0.25, 0.3) is 0 Å². The molecule has 1 atom stereocenters. The molecule has 0 aliphatic rings. The Labute approximate surface area is 127 Å². The summed E-state index contributed by atoms with van der Waals surface area (Å²) in [6.45, 7) is 1.95. The second-order valence-electron chi connectivity index (χ2n) is 4.27. The molecular formula is C14H13Cl3N2. The Bertz CT molecular complexity index is 599. The van der Waals surface area contributed by atoms with Gasteiger partial charge in [0, 0.05) is 15.1 Å². The molecule has 0 aliphatic carbocycles. The van der Waals surface area contributed by atoms with E-state index in [-0.39, 0.29) is 6.04 Å². The molecule has 0 fully saturated rings. The van der Waals surface area contributed by atoms with E-state index >= 15 is 0 Å². The third-order valence-corrected chi connectivity index (χ3v) is 3.94. The maximum absolute atomic E-state index is 6.21. The summed E-state index contributed by atoms with van der Waals surface area (Å²) in [5, 5.41) is 1.85. The van der Waals surface area contributed by atoms with Crippen LogP contribution in [0, 0.1) is 6.92 Å². The maximum atomic E-state index is 6.21. The van der Waals surface area contributed by atoms with Crippen LogP contribution in [0.2, 0.25) is 15.1 Å². The summed E-state index contributed by atoms with van der Waals surface area (Å²) in [4.78, 5) is 0. The van der Waals surface area contributed by atoms with Gasteiger partial charge in [-0.15, -0.1) is 0 Å². The van der Waals surface area contributed by atoms with Crippen molar-refractivity contribution in [1.82, 2.24) is 5.43 Å². The molecule has 2 aromatic rings. The second kappa shape index (κ2) is 6.12. The minimum atomic E-state index is -0.233. The highest BCUT2D eigenvalue weighted by molar-refractivity contribution is 6.35. The first-order chi connectivity index (χ1) is 9.02. The van der Waals surface area contributed by atoms with Crippen LogP contribution in [0.3, 0.4) is 0 Å². The van der Waals surface area contributed by atoms with E-state index in [2.05, 4.69) is 5.43 Å². The Hall–Kier alpha value is -0.770. The largest absolute Gasteiger partial charge is 0.271 e. The van der Waals surface area contributed by atoms with E-state index < -0.39 is 0 Å². The fourth-order valence-corrected chi connectivity index (χ4v) is 2.60. The van der Waals surface area contributed by atoms with Crippen molar-refractivity contribution in [1.29, 1.82) is 0 Å². The van der Waals surface area contributed by atoms with Crippen molar-refractivity contribution in [3.8, 4) is 0 Å². The Kier molecular flexibility index (Phi) is 4.71. The molecule has 0 heterocycles. The van der Waals surface area contributed by atoms with Gasteiger partial charge in [-0.05, 0) is 41.8 Å². The molecule has 0 amide bonds. The molecule has 2 rings (SSSR count). The Morgan fingerprint density at radius 3 is 2.32 bits per heavy atom. The molecular weight excluding hydrogens is 303 g/mol. The summed E-state index contributed by atoms with van der Waals surface area (Å²) >= 11 is 18.3. The highest BCUT2D eigenvalue weighted by Gasteiger charge is 2.16. The standard InChI is InChI=1S/C14H13Cl3N2/c1-8-2-3-9(6-12(8)16)14(19-18)11-5-4-10(15)7-13(11)17/h2-7,14,19H,18H2,1H3. The first kappa shape index (κ1) is 14.6. The number of hydrogen-bond acceptors (Lipinski definition) is 2. The highest BCUT2D eigenvalue weighted by Crippen LogP contribution is 2.31. The van der Waals surface area contributed by atoms with Gasteiger partial charge in [-0.2, -0.15) is 0 Å². The summed E-state index contributed by atoms with van der Waals surface area (Å²) in [7, 11) is 0. The van der Waals surface area contributed by atoms with Gasteiger partial charge in [0.2, 0.25) is 0 Å². The van der Waals surface area contributed by atoms with Crippen LogP contribution in [-0.4, -0.2) is 0 Å². The zero-order valence-electron chi connectivity index (χ0n) is 10.3. The molecule has 19 heavy (non-hydrogen) atoms. The van der Waals surface area contributed by atoms with Crippen molar-refractivity contribution < 1.29 is 0 Å². The maximum Gasteiger partial charge on any atom is 0.0725 e. The number of hydrogen-bond donors (Lipinski definition) is 2. The van der Waals surface area contributed by atoms with E-state index in [1.807, 2.05) is 31.2 Å². The minimum absolute atomic E-state index is 0.233. The summed E-state index contributed by atoms with van der Waals surface area (Å²) in [5.74, 6) is 5.65. The van der Waals surface area contributed by atoms with E-state index in [0.717, 1.165) is 16.7 Å². The summed E-state index contributed by atoms with van der Waals surface area (Å²) in [5.41, 5.74) is 5.57. The Morgan fingerprint density at radius 2 is 1.74 bits per heavy atom. The van der Waals surface area contributed by atoms with Crippen molar-refractivity contribution in [3.63, 3.8) is 0 Å². The monoisotopic (exact) mass is 314 g/mol. The van der Waals surface area contributed by atoms with Crippen LogP contribution in [0.25, 0.3) is 0 Å². The lowest BCUT2D eigenvalue weighted by molar-refractivity contribution is 0.637. The van der Waals surface area contributed by atoms with E-state index in [1.165, 1.54) is 0 Å². The number of aryl methyl sites for hydroxylation is 1. The highest BCUT2D eigenvalue weighted by atomic mass is 35.5. The quantitative estimate of drug-likeness (QED) is 0.646. The van der Waals surface area contributed by atoms with Gasteiger partial charge < -0.3 is 0 Å². The summed E-state index contributed by atoms with van der Waals surface area (Å²) in [6.07, 6.45) is 0. The zero-order chi connectivity index (χ0) is 14.0. The topological polar surface area (TPSA) is 38.0 Å². The predicted molar refractivity (Wildman–Crippen MR) is 81.8 cm³/mol. The Balaban J connectivity index is 2.46. The number of nitrogens with one attached hydrogen (secondary N) is 1. The van der Waals surface area contributed by atoms with Crippen molar-refractivity contribution in [2.75, 3.05) is 0 Å². The van der Waals surface area contributed by atoms with Gasteiger partial charge in [-0.25, -0.2) is 5.43 Å². The third-order valence-electron chi connectivity index (χ3n) is 2.97. The van der Waals surface area contributed by atoms with Gasteiger partial charge >= 0.3 is 0 Å². The SMILES string of the molecule is Cc1ccc(C(NN)c2ccc(Cl)cc2Cl)cc1Cl. The number of nitrogens with two attached hydrogens (primary N) is 1. The number of halogens is 3. The fourth-order valence-electron chi connectivity index (χ4n) is 1.89. The van der Waals surface area contributed by atoms with Gasteiger partial charge in [0.15, 0.2) is 0 Å². The van der Waals surface area contributed by atoms with Crippen molar-refractivity contribution in [3.05, 3.63) is 68.2 Å². The van der Waals surface area contributed by atoms with Gasteiger partial charge in [-0.1, -0.05) is 53.0 Å². The molecule has 3 N–H and O–H groups in total. The molecule has 0 bridgehead atoms. The average Bonchev–Trinajstić information content (AvgIpc) is 2.37. The molecule has 5 heteroatoms. The average molecular weight is 316 g/mol. The molecule has 0 saturated heterocycles. The number of hydrazine groups is 1. The molecule has 0 aliphatic heterocycles. The van der Waals surface area contributed by atoms with Crippen LogP contribution in [0.4, 0.5) is 0 Å². The first-order valence-electron chi connectivity index (χ1n) is 5.70. The van der Waals surface area contributed by atoms with Crippen LogP contribution in [-0.2, 0) is 0 Å². The van der Waals surface area contributed by atoms with E-state index in [0.29, 0.717) is 15.1 Å². The normalized spacial score (nSPS) is 12.5. The van der Waals surface area contributed by atoms with Crippen LogP contribution in [0.15, 0.2) is 36.4 Å². The zero-order valence-corrected chi connectivity index (χ0v) is 12.5. The first-order valence-corrected chi connectivity index (χ1v) is 6.83. The van der Waals surface area contributed by atoms with Crippen molar-refractivity contribution in [2.45, 2.75) is 13.0 Å². The molecule has 2 nitrogen and oxygen atoms in total.